The van der Waals surface area contributed by atoms with Gasteiger partial charge in [0.15, 0.2) is 5.82 Å². The van der Waals surface area contributed by atoms with E-state index in [0.29, 0.717) is 0 Å². The fraction of sp³-hybridized carbons (Fsp3) is 0.158. The second kappa shape index (κ2) is 9.10. The number of aromatic amines is 1. The lowest BCUT2D eigenvalue weighted by atomic mass is 10.2. The molecule has 0 unspecified atom stereocenters. The second-order valence-corrected chi connectivity index (χ2v) is 6.58. The number of H-pyrrole nitrogens is 1. The van der Waals surface area contributed by atoms with Crippen LogP contribution in [0.25, 0.3) is 11.4 Å². The molecule has 0 aliphatic carbocycles. The van der Waals surface area contributed by atoms with Crippen molar-refractivity contribution in [2.45, 2.75) is 11.6 Å². The fourth-order valence-corrected chi connectivity index (χ4v) is 3.18. The van der Waals surface area contributed by atoms with Gasteiger partial charge in [-0.2, -0.15) is 5.26 Å². The predicted molar refractivity (Wildman–Crippen MR) is 101 cm³/mol. The summed E-state index contributed by atoms with van der Waals surface area (Å²) >= 11 is 1.04. The monoisotopic (exact) mass is 399 g/mol. The Morgan fingerprint density at radius 2 is 1.86 bits per heavy atom. The summed E-state index contributed by atoms with van der Waals surface area (Å²) in [6, 6.07) is 14.0. The number of nitrogens with one attached hydrogen (secondary N) is 1. The van der Waals surface area contributed by atoms with Gasteiger partial charge < -0.3 is 4.90 Å². The standard InChI is InChI=1S/C19H15F2N5OS/c20-14-7-2-1-6-13(14)18-23-19(25-24-18)28-12-17(27)26(11-5-10-22)16-9-4-3-8-15(16)21/h1-4,6-9H,5,11-12H2,(H,23,24,25). The number of amides is 1. The molecule has 3 aromatic rings. The van der Waals surface area contributed by atoms with Crippen molar-refractivity contribution in [1.82, 2.24) is 15.2 Å². The Hall–Kier alpha value is -3.25. The highest BCUT2D eigenvalue weighted by atomic mass is 32.2. The summed E-state index contributed by atoms with van der Waals surface area (Å²) < 4.78 is 27.9. The molecule has 6 nitrogen and oxygen atoms in total. The van der Waals surface area contributed by atoms with Gasteiger partial charge in [0.25, 0.3) is 0 Å². The van der Waals surface area contributed by atoms with Crippen LogP contribution in [0.15, 0.2) is 53.7 Å². The molecule has 9 heteroatoms. The van der Waals surface area contributed by atoms with Crippen LogP contribution in [0.2, 0.25) is 0 Å². The Labute approximate surface area is 164 Å². The van der Waals surface area contributed by atoms with E-state index in [2.05, 4.69) is 15.2 Å². The van der Waals surface area contributed by atoms with Crippen LogP contribution in [0, 0.1) is 23.0 Å². The predicted octanol–water partition coefficient (Wildman–Crippen LogP) is 3.79. The van der Waals surface area contributed by atoms with Gasteiger partial charge in [-0.3, -0.25) is 9.89 Å². The first-order valence-electron chi connectivity index (χ1n) is 8.32. The molecule has 0 saturated heterocycles. The van der Waals surface area contributed by atoms with Crippen molar-refractivity contribution >= 4 is 23.4 Å². The van der Waals surface area contributed by atoms with E-state index in [1.807, 2.05) is 6.07 Å². The molecular weight excluding hydrogens is 384 g/mol. The lowest BCUT2D eigenvalue weighted by molar-refractivity contribution is -0.116. The van der Waals surface area contributed by atoms with Crippen LogP contribution in [-0.2, 0) is 4.79 Å². The van der Waals surface area contributed by atoms with Crippen LogP contribution in [0.3, 0.4) is 0 Å². The van der Waals surface area contributed by atoms with Gasteiger partial charge in [-0.05, 0) is 24.3 Å². The van der Waals surface area contributed by atoms with Crippen molar-refractivity contribution in [3.05, 3.63) is 60.2 Å². The molecule has 2 aromatic carbocycles. The van der Waals surface area contributed by atoms with Crippen LogP contribution in [0.1, 0.15) is 6.42 Å². The molecule has 0 fully saturated rings. The number of hydrogen-bond donors (Lipinski definition) is 1. The van der Waals surface area contributed by atoms with Gasteiger partial charge in [-0.15, -0.1) is 5.10 Å². The number of nitriles is 1. The van der Waals surface area contributed by atoms with Gasteiger partial charge in [0, 0.05) is 6.54 Å². The number of nitrogens with zero attached hydrogens (tertiary/aromatic N) is 4. The van der Waals surface area contributed by atoms with Crippen molar-refractivity contribution in [2.75, 3.05) is 17.2 Å². The highest BCUT2D eigenvalue weighted by Crippen LogP contribution is 2.24. The van der Waals surface area contributed by atoms with E-state index in [4.69, 9.17) is 5.26 Å². The molecule has 1 N–H and O–H groups in total. The Morgan fingerprint density at radius 3 is 2.57 bits per heavy atom. The number of carbonyl (C=O) groups is 1. The lowest BCUT2D eigenvalue weighted by Crippen LogP contribution is -2.34. The normalized spacial score (nSPS) is 10.5. The van der Waals surface area contributed by atoms with E-state index < -0.39 is 11.6 Å². The number of carbonyl (C=O) groups excluding carboxylic acids is 1. The van der Waals surface area contributed by atoms with Crippen molar-refractivity contribution in [3.8, 4) is 17.5 Å². The smallest absolute Gasteiger partial charge is 0.237 e. The van der Waals surface area contributed by atoms with E-state index in [9.17, 15) is 13.6 Å². The number of anilines is 1. The van der Waals surface area contributed by atoms with E-state index in [1.54, 1.807) is 24.3 Å². The molecule has 0 bridgehead atoms. The first kappa shape index (κ1) is 19.5. The Bertz CT molecular complexity index is 1020. The topological polar surface area (TPSA) is 85.7 Å². The minimum atomic E-state index is -0.543. The summed E-state index contributed by atoms with van der Waals surface area (Å²) in [7, 11) is 0. The molecule has 1 aromatic heterocycles. The number of thioether (sulfide) groups is 1. The number of aromatic nitrogens is 3. The molecule has 0 aliphatic heterocycles. The molecular formula is C19H15F2N5OS. The zero-order valence-electron chi connectivity index (χ0n) is 14.6. The highest BCUT2D eigenvalue weighted by Gasteiger charge is 2.20. The number of rotatable bonds is 7. The minimum Gasteiger partial charge on any atom is -0.308 e. The first-order valence-corrected chi connectivity index (χ1v) is 9.30. The quantitative estimate of drug-likeness (QED) is 0.611. The van der Waals surface area contributed by atoms with Gasteiger partial charge in [-0.25, -0.2) is 13.8 Å². The van der Waals surface area contributed by atoms with Crippen molar-refractivity contribution in [2.24, 2.45) is 0 Å². The van der Waals surface area contributed by atoms with E-state index in [1.165, 1.54) is 29.2 Å². The largest absolute Gasteiger partial charge is 0.308 e. The minimum absolute atomic E-state index is 0.0612. The van der Waals surface area contributed by atoms with Gasteiger partial charge >= 0.3 is 0 Å². The maximum atomic E-state index is 14.1. The average molecular weight is 399 g/mol. The molecule has 3 rings (SSSR count). The summed E-state index contributed by atoms with van der Waals surface area (Å²) in [6.45, 7) is 0.0747. The van der Waals surface area contributed by atoms with Crippen molar-refractivity contribution in [1.29, 1.82) is 5.26 Å². The van der Waals surface area contributed by atoms with Crippen molar-refractivity contribution in [3.63, 3.8) is 0 Å². The Balaban J connectivity index is 1.71. The maximum Gasteiger partial charge on any atom is 0.237 e. The fourth-order valence-electron chi connectivity index (χ4n) is 2.50. The van der Waals surface area contributed by atoms with E-state index in [-0.39, 0.29) is 46.9 Å². The molecule has 0 saturated carbocycles. The Kier molecular flexibility index (Phi) is 6.34. The molecule has 28 heavy (non-hydrogen) atoms. The van der Waals surface area contributed by atoms with Crippen molar-refractivity contribution < 1.29 is 13.6 Å². The molecule has 1 amide bonds. The third-order valence-corrected chi connectivity index (χ3v) is 4.64. The Morgan fingerprint density at radius 1 is 1.14 bits per heavy atom. The van der Waals surface area contributed by atoms with Crippen LogP contribution in [-0.4, -0.2) is 33.4 Å². The van der Waals surface area contributed by atoms with Gasteiger partial charge in [0.05, 0.1) is 29.5 Å². The zero-order valence-corrected chi connectivity index (χ0v) is 15.4. The third kappa shape index (κ3) is 4.53. The number of halogens is 2. The van der Waals surface area contributed by atoms with Gasteiger partial charge in [0.1, 0.15) is 11.6 Å². The van der Waals surface area contributed by atoms with E-state index >= 15 is 0 Å². The number of para-hydroxylation sites is 1. The SMILES string of the molecule is N#CCCN(C(=O)CSc1n[nH]c(-c2ccccc2F)n1)c1ccccc1F. The lowest BCUT2D eigenvalue weighted by Gasteiger charge is -2.21. The average Bonchev–Trinajstić information content (AvgIpc) is 3.17. The molecule has 0 radical (unpaired) electrons. The second-order valence-electron chi connectivity index (χ2n) is 5.64. The number of benzene rings is 2. The zero-order chi connectivity index (χ0) is 19.9. The first-order chi connectivity index (χ1) is 13.6. The van der Waals surface area contributed by atoms with Crippen LogP contribution < -0.4 is 4.90 Å². The van der Waals surface area contributed by atoms with Gasteiger partial charge in [0.2, 0.25) is 11.1 Å². The summed E-state index contributed by atoms with van der Waals surface area (Å²) in [4.78, 5) is 18.0. The maximum absolute atomic E-state index is 14.1. The molecule has 1 heterocycles. The third-order valence-electron chi connectivity index (χ3n) is 3.81. The summed E-state index contributed by atoms with van der Waals surface area (Å²) in [5.41, 5.74) is 0.389. The molecule has 0 atom stereocenters. The van der Waals surface area contributed by atoms with Crippen LogP contribution >= 0.6 is 11.8 Å². The van der Waals surface area contributed by atoms with E-state index in [0.717, 1.165) is 11.8 Å². The molecule has 142 valence electrons. The molecule has 0 aliphatic rings. The summed E-state index contributed by atoms with van der Waals surface area (Å²) in [5, 5.41) is 15.7. The van der Waals surface area contributed by atoms with Gasteiger partial charge in [-0.1, -0.05) is 36.0 Å². The highest BCUT2D eigenvalue weighted by molar-refractivity contribution is 7.99. The molecule has 0 spiro atoms. The summed E-state index contributed by atoms with van der Waals surface area (Å²) in [5.74, 6) is -1.17. The van der Waals surface area contributed by atoms with Crippen LogP contribution in [0.5, 0.6) is 0 Å². The number of hydrogen-bond acceptors (Lipinski definition) is 5. The van der Waals surface area contributed by atoms with Crippen LogP contribution in [0.4, 0.5) is 14.5 Å². The summed E-state index contributed by atoms with van der Waals surface area (Å²) in [6.07, 6.45) is 0.0722.